The molecule has 1 saturated heterocycles. The van der Waals surface area contributed by atoms with Crippen molar-refractivity contribution in [2.75, 3.05) is 49.7 Å². The molecule has 1 N–H and O–H groups in total. The summed E-state index contributed by atoms with van der Waals surface area (Å²) in [6.45, 7) is 4.39. The van der Waals surface area contributed by atoms with Crippen LogP contribution in [0.1, 0.15) is 0 Å². The molecule has 6 heteroatoms. The molecule has 2 aromatic carbocycles. The number of nitrogens with one attached hydrogen (secondary N) is 1. The van der Waals surface area contributed by atoms with Gasteiger partial charge in [0.05, 0.1) is 19.8 Å². The zero-order valence-electron chi connectivity index (χ0n) is 15.8. The van der Waals surface area contributed by atoms with Crippen molar-refractivity contribution in [3.8, 4) is 16.9 Å². The summed E-state index contributed by atoms with van der Waals surface area (Å²) in [7, 11) is 0. The minimum absolute atomic E-state index is 0.542. The third-order valence-electron chi connectivity index (χ3n) is 4.63. The molecule has 2 heterocycles. The molecule has 0 saturated carbocycles. The summed E-state index contributed by atoms with van der Waals surface area (Å²) in [4.78, 5) is 10.9. The van der Waals surface area contributed by atoms with E-state index >= 15 is 0 Å². The van der Waals surface area contributed by atoms with Gasteiger partial charge < -0.3 is 19.7 Å². The molecule has 0 radical (unpaired) electrons. The topological polar surface area (TPSA) is 59.5 Å². The van der Waals surface area contributed by atoms with Gasteiger partial charge in [-0.1, -0.05) is 48.5 Å². The van der Waals surface area contributed by atoms with Crippen molar-refractivity contribution in [1.82, 2.24) is 9.97 Å². The fourth-order valence-corrected chi connectivity index (χ4v) is 3.20. The molecule has 0 unspecified atom stereocenters. The van der Waals surface area contributed by atoms with E-state index in [0.717, 1.165) is 54.8 Å². The van der Waals surface area contributed by atoms with E-state index in [1.165, 1.54) is 0 Å². The van der Waals surface area contributed by atoms with E-state index in [-0.39, 0.29) is 0 Å². The second kappa shape index (κ2) is 9.19. The summed E-state index contributed by atoms with van der Waals surface area (Å²) in [6.07, 6.45) is 1.60. The Balaban J connectivity index is 1.33. The highest BCUT2D eigenvalue weighted by atomic mass is 16.5. The van der Waals surface area contributed by atoms with Crippen LogP contribution in [0.4, 0.5) is 11.6 Å². The number of rotatable bonds is 7. The molecule has 144 valence electrons. The number of ether oxygens (including phenoxy) is 2. The van der Waals surface area contributed by atoms with E-state index in [0.29, 0.717) is 13.2 Å². The molecule has 1 aliphatic rings. The van der Waals surface area contributed by atoms with E-state index in [9.17, 15) is 0 Å². The first kappa shape index (κ1) is 18.3. The van der Waals surface area contributed by atoms with Crippen LogP contribution < -0.4 is 15.0 Å². The fraction of sp³-hybridized carbons (Fsp3) is 0.273. The highest BCUT2D eigenvalue weighted by molar-refractivity contribution is 5.70. The molecular weight excluding hydrogens is 352 g/mol. The lowest BCUT2D eigenvalue weighted by Gasteiger charge is -2.27. The lowest BCUT2D eigenvalue weighted by atomic mass is 10.1. The van der Waals surface area contributed by atoms with Gasteiger partial charge in [0.1, 0.15) is 30.3 Å². The molecule has 1 fully saturated rings. The average Bonchev–Trinajstić information content (AvgIpc) is 2.78. The number of para-hydroxylation sites is 1. The third kappa shape index (κ3) is 4.58. The van der Waals surface area contributed by atoms with Crippen molar-refractivity contribution < 1.29 is 9.47 Å². The lowest BCUT2D eigenvalue weighted by molar-refractivity contribution is 0.122. The van der Waals surface area contributed by atoms with Crippen molar-refractivity contribution in [3.05, 3.63) is 67.0 Å². The minimum Gasteiger partial charge on any atom is -0.491 e. The average molecular weight is 376 g/mol. The normalized spacial score (nSPS) is 13.9. The Morgan fingerprint density at radius 1 is 0.964 bits per heavy atom. The largest absolute Gasteiger partial charge is 0.491 e. The second-order valence-electron chi connectivity index (χ2n) is 6.50. The van der Waals surface area contributed by atoms with E-state index < -0.39 is 0 Å². The molecule has 0 bridgehead atoms. The van der Waals surface area contributed by atoms with Gasteiger partial charge in [-0.3, -0.25) is 0 Å². The van der Waals surface area contributed by atoms with Crippen molar-refractivity contribution in [2.24, 2.45) is 0 Å². The summed E-state index contributed by atoms with van der Waals surface area (Å²) in [5.74, 6) is 2.61. The van der Waals surface area contributed by atoms with E-state index in [4.69, 9.17) is 9.47 Å². The van der Waals surface area contributed by atoms with Crippen molar-refractivity contribution >= 4 is 11.6 Å². The molecule has 3 aromatic rings. The highest BCUT2D eigenvalue weighted by Crippen LogP contribution is 2.29. The van der Waals surface area contributed by atoms with Crippen LogP contribution in [0.25, 0.3) is 11.1 Å². The summed E-state index contributed by atoms with van der Waals surface area (Å²) in [5.41, 5.74) is 2.25. The Kier molecular flexibility index (Phi) is 5.99. The van der Waals surface area contributed by atoms with Gasteiger partial charge in [0.15, 0.2) is 0 Å². The van der Waals surface area contributed by atoms with Crippen LogP contribution in [-0.2, 0) is 4.74 Å². The van der Waals surface area contributed by atoms with Crippen LogP contribution in [-0.4, -0.2) is 49.4 Å². The van der Waals surface area contributed by atoms with E-state index in [1.54, 1.807) is 6.33 Å². The van der Waals surface area contributed by atoms with Gasteiger partial charge in [-0.05, 0) is 11.6 Å². The highest BCUT2D eigenvalue weighted by Gasteiger charge is 2.13. The molecule has 6 nitrogen and oxygen atoms in total. The van der Waals surface area contributed by atoms with Crippen LogP contribution in [0.2, 0.25) is 0 Å². The lowest BCUT2D eigenvalue weighted by Crippen LogP contribution is -2.36. The maximum absolute atomic E-state index is 6.03. The number of benzene rings is 2. The van der Waals surface area contributed by atoms with Crippen molar-refractivity contribution in [1.29, 1.82) is 0 Å². The van der Waals surface area contributed by atoms with Crippen molar-refractivity contribution in [2.45, 2.75) is 0 Å². The quantitative estimate of drug-likeness (QED) is 0.637. The number of morpholine rings is 1. The maximum Gasteiger partial charge on any atom is 0.134 e. The summed E-state index contributed by atoms with van der Waals surface area (Å²) in [6, 6.07) is 20.4. The number of anilines is 2. The van der Waals surface area contributed by atoms with Crippen LogP contribution in [0, 0.1) is 0 Å². The molecule has 0 aliphatic carbocycles. The fourth-order valence-electron chi connectivity index (χ4n) is 3.20. The summed E-state index contributed by atoms with van der Waals surface area (Å²) in [5, 5.41) is 3.32. The van der Waals surface area contributed by atoms with E-state index in [2.05, 4.69) is 38.4 Å². The first-order valence-electron chi connectivity index (χ1n) is 9.56. The van der Waals surface area contributed by atoms with Crippen LogP contribution in [0.5, 0.6) is 5.75 Å². The Morgan fingerprint density at radius 3 is 2.61 bits per heavy atom. The Bertz CT molecular complexity index is 882. The monoisotopic (exact) mass is 376 g/mol. The van der Waals surface area contributed by atoms with Gasteiger partial charge in [0, 0.05) is 24.7 Å². The molecule has 0 amide bonds. The van der Waals surface area contributed by atoms with Gasteiger partial charge in [0.2, 0.25) is 0 Å². The Hall–Kier alpha value is -3.12. The molecule has 1 aromatic heterocycles. The third-order valence-corrected chi connectivity index (χ3v) is 4.63. The molecule has 1 aliphatic heterocycles. The van der Waals surface area contributed by atoms with Crippen LogP contribution >= 0.6 is 0 Å². The number of aromatic nitrogens is 2. The molecule has 4 rings (SSSR count). The first-order chi connectivity index (χ1) is 13.9. The van der Waals surface area contributed by atoms with Crippen LogP contribution in [0.3, 0.4) is 0 Å². The predicted octanol–water partition coefficient (Wildman–Crippen LogP) is 3.47. The van der Waals surface area contributed by atoms with Gasteiger partial charge >= 0.3 is 0 Å². The molecule has 28 heavy (non-hydrogen) atoms. The number of hydrogen-bond acceptors (Lipinski definition) is 6. The van der Waals surface area contributed by atoms with Crippen LogP contribution in [0.15, 0.2) is 67.0 Å². The number of hydrogen-bond donors (Lipinski definition) is 1. The SMILES string of the molecule is c1ccc(-c2ccccc2OCCNc2cc(N3CCOCC3)ncn2)cc1. The first-order valence-corrected chi connectivity index (χ1v) is 9.56. The van der Waals surface area contributed by atoms with Gasteiger partial charge in [0.25, 0.3) is 0 Å². The Labute approximate surface area is 165 Å². The Morgan fingerprint density at radius 2 is 1.75 bits per heavy atom. The summed E-state index contributed by atoms with van der Waals surface area (Å²) >= 11 is 0. The standard InChI is InChI=1S/C22H24N4O2/c1-2-6-18(7-3-1)19-8-4-5-9-20(19)28-13-10-23-21-16-22(25-17-24-21)26-11-14-27-15-12-26/h1-9,16-17H,10-15H2,(H,23,24,25). The zero-order valence-corrected chi connectivity index (χ0v) is 15.8. The maximum atomic E-state index is 6.03. The smallest absolute Gasteiger partial charge is 0.134 e. The summed E-state index contributed by atoms with van der Waals surface area (Å²) < 4.78 is 11.4. The minimum atomic E-state index is 0.542. The predicted molar refractivity (Wildman–Crippen MR) is 111 cm³/mol. The zero-order chi connectivity index (χ0) is 19.0. The molecule has 0 atom stereocenters. The molecule has 0 spiro atoms. The van der Waals surface area contributed by atoms with Gasteiger partial charge in [-0.25, -0.2) is 9.97 Å². The molecular formula is C22H24N4O2. The van der Waals surface area contributed by atoms with E-state index in [1.807, 2.05) is 42.5 Å². The number of nitrogens with zero attached hydrogens (tertiary/aromatic N) is 3. The van der Waals surface area contributed by atoms with Gasteiger partial charge in [-0.2, -0.15) is 0 Å². The van der Waals surface area contributed by atoms with Crippen molar-refractivity contribution in [3.63, 3.8) is 0 Å². The second-order valence-corrected chi connectivity index (χ2v) is 6.50. The van der Waals surface area contributed by atoms with Gasteiger partial charge in [-0.15, -0.1) is 0 Å².